The van der Waals surface area contributed by atoms with Crippen LogP contribution in [0.25, 0.3) is 0 Å². The third kappa shape index (κ3) is 5.00. The fraction of sp³-hybridized carbons (Fsp3) is 0.706. The number of rotatable bonds is 9. The molecule has 0 amide bonds. The van der Waals surface area contributed by atoms with E-state index in [0.717, 1.165) is 0 Å². The Kier molecular flexibility index (Phi) is 6.42. The Bertz CT molecular complexity index is 795. The smallest absolute Gasteiger partial charge is 0.395 e. The maximum absolute atomic E-state index is 13.7. The zero-order valence-corrected chi connectivity index (χ0v) is 15.4. The Balaban J connectivity index is 2.11. The summed E-state index contributed by atoms with van der Waals surface area (Å²) in [6.07, 6.45) is -9.05. The van der Waals surface area contributed by atoms with E-state index in [1.807, 2.05) is 0 Å². The number of hydrogen-bond donors (Lipinski definition) is 0. The van der Waals surface area contributed by atoms with Gasteiger partial charge in [0.05, 0.1) is 6.42 Å². The number of fused-ring (bicyclic) bond motifs is 2. The van der Waals surface area contributed by atoms with E-state index in [1.54, 1.807) is 6.08 Å². The highest BCUT2D eigenvalue weighted by molar-refractivity contribution is 5.90. The molecule has 0 aromatic heterocycles. The number of allylic oxidation sites excluding steroid dienone is 3. The Labute approximate surface area is 171 Å². The Morgan fingerprint density at radius 3 is 1.75 bits per heavy atom. The lowest BCUT2D eigenvalue weighted by molar-refractivity contribution is -0.351. The molecule has 0 N–H and O–H groups in total. The second-order valence-corrected chi connectivity index (χ2v) is 7.45. The molecule has 2 atom stereocenters. The van der Waals surface area contributed by atoms with Crippen LogP contribution in [0, 0.1) is 11.8 Å². The molecular formula is C17H13F13O2. The molecule has 0 aliphatic heterocycles. The zero-order chi connectivity index (χ0) is 25.0. The molecule has 2 rings (SSSR count). The summed E-state index contributed by atoms with van der Waals surface area (Å²) in [4.78, 5) is 11.7. The second kappa shape index (κ2) is 7.82. The molecule has 0 aromatic rings. The van der Waals surface area contributed by atoms with E-state index in [2.05, 4.69) is 4.74 Å². The van der Waals surface area contributed by atoms with Crippen molar-refractivity contribution < 1.29 is 66.6 Å². The minimum absolute atomic E-state index is 0.180. The van der Waals surface area contributed by atoms with Crippen LogP contribution in [0.4, 0.5) is 57.1 Å². The molecule has 2 bridgehead atoms. The fourth-order valence-corrected chi connectivity index (χ4v) is 3.15. The second-order valence-electron chi connectivity index (χ2n) is 7.45. The van der Waals surface area contributed by atoms with Crippen LogP contribution in [0.2, 0.25) is 0 Å². The van der Waals surface area contributed by atoms with Crippen molar-refractivity contribution in [3.63, 3.8) is 0 Å². The lowest BCUT2D eigenvalue weighted by atomic mass is 9.94. The molecule has 0 heterocycles. The minimum atomic E-state index is -7.06. The molecule has 184 valence electrons. The molecule has 0 spiro atoms. The predicted molar refractivity (Wildman–Crippen MR) is 79.8 cm³/mol. The van der Waals surface area contributed by atoms with Crippen LogP contribution in [0.1, 0.15) is 19.3 Å². The van der Waals surface area contributed by atoms with Crippen LogP contribution in [-0.4, -0.2) is 48.4 Å². The molecule has 0 saturated heterocycles. The number of carbonyl (C=O) groups is 1. The molecule has 0 aromatic carbocycles. The van der Waals surface area contributed by atoms with E-state index in [0.29, 0.717) is 6.42 Å². The highest BCUT2D eigenvalue weighted by Gasteiger charge is 2.76. The molecule has 0 radical (unpaired) electrons. The van der Waals surface area contributed by atoms with Gasteiger partial charge in [0.25, 0.3) is 0 Å². The Morgan fingerprint density at radius 1 is 0.781 bits per heavy atom. The van der Waals surface area contributed by atoms with E-state index < -0.39 is 67.1 Å². The quantitative estimate of drug-likeness (QED) is 0.217. The van der Waals surface area contributed by atoms with Gasteiger partial charge < -0.3 is 4.74 Å². The molecule has 2 unspecified atom stereocenters. The van der Waals surface area contributed by atoms with Crippen molar-refractivity contribution in [1.29, 1.82) is 0 Å². The number of carbonyl (C=O) groups excluding carboxylic acids is 1. The van der Waals surface area contributed by atoms with Crippen molar-refractivity contribution in [2.45, 2.75) is 55.1 Å². The van der Waals surface area contributed by atoms with Gasteiger partial charge in [0, 0.05) is 11.5 Å². The van der Waals surface area contributed by atoms with Gasteiger partial charge in [0.15, 0.2) is 6.61 Å². The summed E-state index contributed by atoms with van der Waals surface area (Å²) >= 11 is 0. The topological polar surface area (TPSA) is 26.3 Å². The van der Waals surface area contributed by atoms with Crippen molar-refractivity contribution in [3.05, 3.63) is 23.8 Å². The van der Waals surface area contributed by atoms with E-state index in [4.69, 9.17) is 0 Å². The monoisotopic (exact) mass is 496 g/mol. The van der Waals surface area contributed by atoms with Gasteiger partial charge >= 0.3 is 41.8 Å². The summed E-state index contributed by atoms with van der Waals surface area (Å²) in [6.45, 7) is -2.57. The summed E-state index contributed by atoms with van der Waals surface area (Å²) in [5.41, 5.74) is -0.180. The van der Waals surface area contributed by atoms with Crippen LogP contribution >= 0.6 is 0 Å². The van der Waals surface area contributed by atoms with Crippen molar-refractivity contribution in [2.24, 2.45) is 11.8 Å². The molecule has 32 heavy (non-hydrogen) atoms. The van der Waals surface area contributed by atoms with Crippen LogP contribution in [0.3, 0.4) is 0 Å². The minimum Gasteiger partial charge on any atom is -0.456 e. The molecule has 2 aliphatic rings. The van der Waals surface area contributed by atoms with Crippen molar-refractivity contribution in [3.8, 4) is 0 Å². The van der Waals surface area contributed by atoms with Gasteiger partial charge in [0.1, 0.15) is 6.42 Å². The zero-order valence-electron chi connectivity index (χ0n) is 15.4. The highest BCUT2D eigenvalue weighted by Crippen LogP contribution is 2.54. The maximum Gasteiger partial charge on any atom is 0.395 e. The van der Waals surface area contributed by atoms with Gasteiger partial charge in [-0.05, 0) is 12.3 Å². The van der Waals surface area contributed by atoms with Crippen molar-refractivity contribution in [2.75, 3.05) is 6.61 Å². The first-order valence-electron chi connectivity index (χ1n) is 8.65. The van der Waals surface area contributed by atoms with Gasteiger partial charge in [-0.2, -0.15) is 57.1 Å². The summed E-state index contributed by atoms with van der Waals surface area (Å²) in [5, 5.41) is 0. The molecule has 2 nitrogen and oxygen atoms in total. The fourth-order valence-electron chi connectivity index (χ4n) is 3.15. The maximum atomic E-state index is 13.7. The highest BCUT2D eigenvalue weighted by atomic mass is 19.4. The first kappa shape index (κ1) is 26.3. The first-order valence-corrected chi connectivity index (χ1v) is 8.65. The SMILES string of the molecule is O=C(OCC(F)(F)C(F)(F)CC(F)(F)C(F)(F)C(F)(F)CC(F)(F)F)C1=CC2C=CC1C2. The number of alkyl halides is 13. The Morgan fingerprint density at radius 2 is 1.31 bits per heavy atom. The van der Waals surface area contributed by atoms with Crippen molar-refractivity contribution >= 4 is 5.97 Å². The van der Waals surface area contributed by atoms with E-state index in [9.17, 15) is 61.9 Å². The number of ether oxygens (including phenoxy) is 1. The number of esters is 1. The van der Waals surface area contributed by atoms with Gasteiger partial charge in [-0.15, -0.1) is 0 Å². The van der Waals surface area contributed by atoms with E-state index >= 15 is 0 Å². The van der Waals surface area contributed by atoms with Crippen LogP contribution in [0.15, 0.2) is 23.8 Å². The van der Waals surface area contributed by atoms with Crippen molar-refractivity contribution in [1.82, 2.24) is 0 Å². The normalized spacial score (nSPS) is 22.3. The molecular weight excluding hydrogens is 483 g/mol. The Hall–Kier alpha value is -1.96. The number of hydrogen-bond acceptors (Lipinski definition) is 2. The third-order valence-corrected chi connectivity index (χ3v) is 4.85. The van der Waals surface area contributed by atoms with Crippen LogP contribution in [0.5, 0.6) is 0 Å². The van der Waals surface area contributed by atoms with Gasteiger partial charge in [-0.3, -0.25) is 0 Å². The molecule has 15 heteroatoms. The standard InChI is InChI=1S/C17H13F13O2/c18-12(19,5-13(20,21)17(29,30)14(22,23)6-16(26,27)28)15(24,25)7-32-11(31)10-4-8-1-2-9(10)3-8/h1-2,4,8-9H,3,5-7H2. The molecule has 0 fully saturated rings. The predicted octanol–water partition coefficient (Wildman–Crippen LogP) is 6.18. The third-order valence-electron chi connectivity index (χ3n) is 4.85. The summed E-state index contributed by atoms with van der Waals surface area (Å²) < 4.78 is 175. The first-order chi connectivity index (χ1) is 14.1. The molecule has 2 aliphatic carbocycles. The number of halogens is 13. The lowest BCUT2D eigenvalue weighted by Gasteiger charge is -2.36. The average Bonchev–Trinajstić information content (AvgIpc) is 3.19. The average molecular weight is 496 g/mol. The lowest BCUT2D eigenvalue weighted by Crippen LogP contribution is -2.59. The molecule has 0 saturated carbocycles. The van der Waals surface area contributed by atoms with E-state index in [1.165, 1.54) is 12.2 Å². The summed E-state index contributed by atoms with van der Waals surface area (Å²) in [5.74, 6) is -34.6. The van der Waals surface area contributed by atoms with Crippen LogP contribution in [-0.2, 0) is 9.53 Å². The van der Waals surface area contributed by atoms with Gasteiger partial charge in [0.2, 0.25) is 0 Å². The largest absolute Gasteiger partial charge is 0.456 e. The summed E-state index contributed by atoms with van der Waals surface area (Å²) in [7, 11) is 0. The summed E-state index contributed by atoms with van der Waals surface area (Å²) in [6, 6.07) is 0. The van der Waals surface area contributed by atoms with Crippen LogP contribution < -0.4 is 0 Å². The van der Waals surface area contributed by atoms with E-state index in [-0.39, 0.29) is 11.5 Å². The van der Waals surface area contributed by atoms with Gasteiger partial charge in [-0.1, -0.05) is 18.2 Å². The van der Waals surface area contributed by atoms with Gasteiger partial charge in [-0.25, -0.2) is 4.79 Å².